The van der Waals surface area contributed by atoms with Crippen LogP contribution in [0.2, 0.25) is 5.02 Å². The molecule has 0 unspecified atom stereocenters. The molecule has 0 bridgehead atoms. The van der Waals surface area contributed by atoms with Gasteiger partial charge in [-0.3, -0.25) is 0 Å². The second-order valence-corrected chi connectivity index (χ2v) is 5.08. The molecule has 0 radical (unpaired) electrons. The second-order valence-electron chi connectivity index (χ2n) is 4.70. The summed E-state index contributed by atoms with van der Waals surface area (Å²) in [6.07, 6.45) is 1.78. The minimum atomic E-state index is -0.970. The maximum Gasteiger partial charge on any atom is 0.336 e. The number of carbonyl (C=O) groups is 1. The van der Waals surface area contributed by atoms with Crippen LogP contribution in [0, 0.1) is 5.82 Å². The minimum Gasteiger partial charge on any atom is -0.478 e. The number of aromatic carboxylic acids is 1. The number of hydrogen-bond donors (Lipinski definition) is 1. The lowest BCUT2D eigenvalue weighted by atomic mass is 10.1. The van der Waals surface area contributed by atoms with Crippen LogP contribution in [0.4, 0.5) is 4.39 Å². The number of halogens is 2. The van der Waals surface area contributed by atoms with E-state index in [0.29, 0.717) is 17.5 Å². The van der Waals surface area contributed by atoms with Gasteiger partial charge in [-0.05, 0) is 29.8 Å². The molecule has 0 aliphatic rings. The summed E-state index contributed by atoms with van der Waals surface area (Å²) < 4.78 is 15.3. The monoisotopic (exact) mass is 303 g/mol. The topological polar surface area (TPSA) is 42.2 Å². The lowest BCUT2D eigenvalue weighted by molar-refractivity contribution is 0.0699. The van der Waals surface area contributed by atoms with Crippen LogP contribution in [0.15, 0.2) is 48.7 Å². The first kappa shape index (κ1) is 13.6. The van der Waals surface area contributed by atoms with Crippen LogP contribution in [0.3, 0.4) is 0 Å². The van der Waals surface area contributed by atoms with Crippen molar-refractivity contribution in [1.29, 1.82) is 0 Å². The molecule has 21 heavy (non-hydrogen) atoms. The molecule has 0 atom stereocenters. The zero-order valence-corrected chi connectivity index (χ0v) is 11.6. The lowest BCUT2D eigenvalue weighted by Crippen LogP contribution is -2.01. The third kappa shape index (κ3) is 2.38. The molecule has 3 nitrogen and oxygen atoms in total. The van der Waals surface area contributed by atoms with Crippen molar-refractivity contribution in [2.75, 3.05) is 0 Å². The molecular formula is C16H11ClFNO2. The van der Waals surface area contributed by atoms with Crippen LogP contribution in [-0.4, -0.2) is 15.6 Å². The molecule has 3 rings (SSSR count). The van der Waals surface area contributed by atoms with E-state index in [4.69, 9.17) is 11.6 Å². The average Bonchev–Trinajstić information content (AvgIpc) is 2.87. The fraction of sp³-hybridized carbons (Fsp3) is 0.0625. The van der Waals surface area contributed by atoms with Crippen LogP contribution < -0.4 is 0 Å². The Kier molecular flexibility index (Phi) is 3.39. The van der Waals surface area contributed by atoms with Gasteiger partial charge in [0.25, 0.3) is 0 Å². The zero-order valence-electron chi connectivity index (χ0n) is 10.9. The Morgan fingerprint density at radius 3 is 2.71 bits per heavy atom. The van der Waals surface area contributed by atoms with Gasteiger partial charge in [0.2, 0.25) is 0 Å². The first-order valence-electron chi connectivity index (χ1n) is 6.32. The summed E-state index contributed by atoms with van der Waals surface area (Å²) in [6, 6.07) is 11.5. The van der Waals surface area contributed by atoms with Gasteiger partial charge in [0.1, 0.15) is 5.82 Å². The predicted molar refractivity (Wildman–Crippen MR) is 79.4 cm³/mol. The smallest absolute Gasteiger partial charge is 0.336 e. The summed E-state index contributed by atoms with van der Waals surface area (Å²) >= 11 is 5.96. The molecule has 2 aromatic carbocycles. The summed E-state index contributed by atoms with van der Waals surface area (Å²) in [5, 5.41) is 9.92. The van der Waals surface area contributed by atoms with E-state index in [1.165, 1.54) is 6.07 Å². The summed E-state index contributed by atoms with van der Waals surface area (Å²) in [4.78, 5) is 11.2. The Morgan fingerprint density at radius 2 is 1.95 bits per heavy atom. The molecule has 0 aliphatic heterocycles. The van der Waals surface area contributed by atoms with Crippen molar-refractivity contribution in [3.05, 3.63) is 70.6 Å². The first-order valence-corrected chi connectivity index (χ1v) is 6.70. The van der Waals surface area contributed by atoms with Crippen LogP contribution in [0.25, 0.3) is 10.9 Å². The SMILES string of the molecule is O=C(O)c1cccc2c1ccn2Cc1cccc(F)c1Cl. The molecule has 106 valence electrons. The van der Waals surface area contributed by atoms with E-state index in [-0.39, 0.29) is 10.6 Å². The number of carboxylic acid groups (broad SMARTS) is 1. The molecule has 5 heteroatoms. The van der Waals surface area contributed by atoms with Crippen molar-refractivity contribution < 1.29 is 14.3 Å². The van der Waals surface area contributed by atoms with Gasteiger partial charge >= 0.3 is 5.97 Å². The van der Waals surface area contributed by atoms with Crippen molar-refractivity contribution in [1.82, 2.24) is 4.57 Å². The van der Waals surface area contributed by atoms with Crippen LogP contribution in [-0.2, 0) is 6.54 Å². The summed E-state index contributed by atoms with van der Waals surface area (Å²) in [6.45, 7) is 0.378. The number of benzene rings is 2. The van der Waals surface area contributed by atoms with Crippen molar-refractivity contribution >= 4 is 28.5 Å². The number of aromatic nitrogens is 1. The molecule has 0 amide bonds. The highest BCUT2D eigenvalue weighted by molar-refractivity contribution is 6.31. The van der Waals surface area contributed by atoms with Gasteiger partial charge in [-0.2, -0.15) is 0 Å². The Balaban J connectivity index is 2.08. The molecule has 0 saturated carbocycles. The molecule has 0 fully saturated rings. The molecule has 0 saturated heterocycles. The highest BCUT2D eigenvalue weighted by Crippen LogP contribution is 2.25. The fourth-order valence-corrected chi connectivity index (χ4v) is 2.59. The molecular weight excluding hydrogens is 293 g/mol. The molecule has 0 spiro atoms. The standard InChI is InChI=1S/C16H11ClFNO2/c17-15-10(3-1-5-13(15)18)9-19-8-7-11-12(16(20)21)4-2-6-14(11)19/h1-8H,9H2,(H,20,21). The number of carboxylic acids is 1. The first-order chi connectivity index (χ1) is 10.1. The maximum absolute atomic E-state index is 13.5. The van der Waals surface area contributed by atoms with Gasteiger partial charge in [0.15, 0.2) is 0 Å². The number of nitrogens with zero attached hydrogens (tertiary/aromatic N) is 1. The normalized spacial score (nSPS) is 11.0. The second kappa shape index (κ2) is 5.22. The van der Waals surface area contributed by atoms with E-state index in [2.05, 4.69) is 0 Å². The third-order valence-corrected chi connectivity index (χ3v) is 3.84. The summed E-state index contributed by atoms with van der Waals surface area (Å²) in [7, 11) is 0. The van der Waals surface area contributed by atoms with Gasteiger partial charge in [0.05, 0.1) is 10.6 Å². The molecule has 3 aromatic rings. The van der Waals surface area contributed by atoms with E-state index in [1.807, 2.05) is 10.6 Å². The fourth-order valence-electron chi connectivity index (χ4n) is 2.40. The van der Waals surface area contributed by atoms with Crippen molar-refractivity contribution in [2.24, 2.45) is 0 Å². The zero-order chi connectivity index (χ0) is 15.0. The molecule has 0 aliphatic carbocycles. The highest BCUT2D eigenvalue weighted by Gasteiger charge is 2.12. The number of hydrogen-bond acceptors (Lipinski definition) is 1. The quantitative estimate of drug-likeness (QED) is 0.788. The number of fused-ring (bicyclic) bond motifs is 1. The van der Waals surface area contributed by atoms with Gasteiger partial charge in [0, 0.05) is 23.6 Å². The highest BCUT2D eigenvalue weighted by atomic mass is 35.5. The minimum absolute atomic E-state index is 0.0914. The van der Waals surface area contributed by atoms with E-state index >= 15 is 0 Å². The Morgan fingerprint density at radius 1 is 1.19 bits per heavy atom. The van der Waals surface area contributed by atoms with Crippen molar-refractivity contribution in [3.8, 4) is 0 Å². The third-order valence-electron chi connectivity index (χ3n) is 3.42. The lowest BCUT2D eigenvalue weighted by Gasteiger charge is -2.08. The summed E-state index contributed by atoms with van der Waals surface area (Å²) in [5.41, 5.74) is 1.67. The van der Waals surface area contributed by atoms with E-state index in [0.717, 1.165) is 5.52 Å². The largest absolute Gasteiger partial charge is 0.478 e. The summed E-state index contributed by atoms with van der Waals surface area (Å²) in [5.74, 6) is -1.43. The average molecular weight is 304 g/mol. The van der Waals surface area contributed by atoms with E-state index < -0.39 is 11.8 Å². The van der Waals surface area contributed by atoms with E-state index in [9.17, 15) is 14.3 Å². The van der Waals surface area contributed by atoms with Gasteiger partial charge in [-0.15, -0.1) is 0 Å². The molecule has 1 aromatic heterocycles. The van der Waals surface area contributed by atoms with Crippen LogP contribution in [0.5, 0.6) is 0 Å². The van der Waals surface area contributed by atoms with Gasteiger partial charge in [-0.25, -0.2) is 9.18 Å². The van der Waals surface area contributed by atoms with E-state index in [1.54, 1.807) is 36.5 Å². The van der Waals surface area contributed by atoms with Gasteiger partial charge in [-0.1, -0.05) is 29.8 Å². The Labute approximate surface area is 125 Å². The van der Waals surface area contributed by atoms with Crippen molar-refractivity contribution in [3.63, 3.8) is 0 Å². The van der Waals surface area contributed by atoms with Crippen LogP contribution >= 0.6 is 11.6 Å². The van der Waals surface area contributed by atoms with Crippen LogP contribution in [0.1, 0.15) is 15.9 Å². The Bertz CT molecular complexity index is 841. The van der Waals surface area contributed by atoms with Crippen molar-refractivity contribution in [2.45, 2.75) is 6.54 Å². The van der Waals surface area contributed by atoms with Gasteiger partial charge < -0.3 is 9.67 Å². The maximum atomic E-state index is 13.5. The predicted octanol–water partition coefficient (Wildman–Crippen LogP) is 4.18. The number of rotatable bonds is 3. The Hall–Kier alpha value is -2.33. The molecule has 1 heterocycles. The molecule has 1 N–H and O–H groups in total.